The molecule has 1 saturated carbocycles. The van der Waals surface area contributed by atoms with E-state index in [-0.39, 0.29) is 41.6 Å². The predicted molar refractivity (Wildman–Crippen MR) is 174 cm³/mol. The zero-order valence-electron chi connectivity index (χ0n) is 27.7. The topological polar surface area (TPSA) is 132 Å². The largest absolute Gasteiger partial charge is 0.508 e. The maximum absolute atomic E-state index is 14.6. The van der Waals surface area contributed by atoms with Gasteiger partial charge in [0.05, 0.1) is 5.56 Å². The Bertz CT molecular complexity index is 1670. The maximum atomic E-state index is 14.6. The molecule has 5 rings (SSSR count). The standard InChI is InChI=1S/C38H46O7/c1-9-10-11-22-12-14-23(15-13-22)25-16-24(19(2)3)26-17-36(7)18-37(8)29(20(4)5)32(41)27(21(6)39)34(43)38(37,45)35(44)30(36)33(42)28(26)31(25)40/h12-16,19-20,29,40,42-43,45H,9-11,17-18H2,1-8H3/t29?,36-,37-,38+/m1/s1. The Hall–Kier alpha value is -3.71. The molecule has 0 amide bonds. The normalized spacial score (nSPS) is 28.0. The zero-order valence-corrected chi connectivity index (χ0v) is 27.7. The van der Waals surface area contributed by atoms with Crippen LogP contribution < -0.4 is 0 Å². The summed E-state index contributed by atoms with van der Waals surface area (Å²) in [7, 11) is 0. The van der Waals surface area contributed by atoms with E-state index in [9.17, 15) is 34.8 Å². The van der Waals surface area contributed by atoms with Crippen LogP contribution in [0.3, 0.4) is 0 Å². The summed E-state index contributed by atoms with van der Waals surface area (Å²) in [6.45, 7) is 14.4. The molecule has 0 spiro atoms. The van der Waals surface area contributed by atoms with Gasteiger partial charge in [0.25, 0.3) is 0 Å². The summed E-state index contributed by atoms with van der Waals surface area (Å²) in [6, 6.07) is 9.92. The third kappa shape index (κ3) is 4.52. The molecule has 240 valence electrons. The van der Waals surface area contributed by atoms with Crippen molar-refractivity contribution in [1.82, 2.24) is 0 Å². The first kappa shape index (κ1) is 32.7. The molecule has 3 aliphatic carbocycles. The number of rotatable bonds is 7. The van der Waals surface area contributed by atoms with E-state index in [0.29, 0.717) is 11.1 Å². The first-order valence-electron chi connectivity index (χ1n) is 16.1. The molecule has 4 atom stereocenters. The maximum Gasteiger partial charge on any atom is 0.203 e. The number of allylic oxidation sites excluding steroid dienone is 1. The van der Waals surface area contributed by atoms with Crippen LogP contribution in [0.4, 0.5) is 0 Å². The van der Waals surface area contributed by atoms with Crippen molar-refractivity contribution in [1.29, 1.82) is 0 Å². The highest BCUT2D eigenvalue weighted by atomic mass is 16.3. The molecular formula is C38H46O7. The number of fused-ring (bicyclic) bond motifs is 3. The number of Topliss-reactive ketones (excluding diaryl/α,β-unsaturated/α-hetero) is 3. The van der Waals surface area contributed by atoms with Crippen molar-refractivity contribution in [2.24, 2.45) is 22.7 Å². The number of phenolic OH excluding ortho intramolecular Hbond substituents is 1. The molecule has 1 unspecified atom stereocenters. The Morgan fingerprint density at radius 2 is 1.64 bits per heavy atom. The molecule has 3 aliphatic rings. The smallest absolute Gasteiger partial charge is 0.203 e. The second-order valence-electron chi connectivity index (χ2n) is 14.6. The van der Waals surface area contributed by atoms with Crippen LogP contribution in [-0.2, 0) is 27.2 Å². The van der Waals surface area contributed by atoms with Crippen molar-refractivity contribution in [2.75, 3.05) is 0 Å². The number of hydrogen-bond donors (Lipinski definition) is 4. The summed E-state index contributed by atoms with van der Waals surface area (Å²) in [5.74, 6) is -5.15. The number of hydrogen-bond acceptors (Lipinski definition) is 7. The molecule has 0 saturated heterocycles. The molecule has 7 nitrogen and oxygen atoms in total. The van der Waals surface area contributed by atoms with Crippen LogP contribution >= 0.6 is 0 Å². The van der Waals surface area contributed by atoms with E-state index in [0.717, 1.165) is 37.3 Å². The fourth-order valence-corrected chi connectivity index (χ4v) is 8.78. The van der Waals surface area contributed by atoms with Crippen LogP contribution in [-0.4, -0.2) is 43.4 Å². The van der Waals surface area contributed by atoms with Crippen molar-refractivity contribution in [3.63, 3.8) is 0 Å². The fraction of sp³-hybridized carbons (Fsp3) is 0.500. The molecule has 4 N–H and O–H groups in total. The summed E-state index contributed by atoms with van der Waals surface area (Å²) in [5.41, 5.74) is -1.59. The van der Waals surface area contributed by atoms with Gasteiger partial charge in [-0.3, -0.25) is 14.4 Å². The average molecular weight is 615 g/mol. The van der Waals surface area contributed by atoms with E-state index >= 15 is 0 Å². The Kier molecular flexibility index (Phi) is 7.97. The summed E-state index contributed by atoms with van der Waals surface area (Å²) in [5, 5.41) is 47.5. The van der Waals surface area contributed by atoms with Gasteiger partial charge < -0.3 is 20.4 Å². The van der Waals surface area contributed by atoms with Gasteiger partial charge >= 0.3 is 0 Å². The zero-order chi connectivity index (χ0) is 33.4. The monoisotopic (exact) mass is 614 g/mol. The van der Waals surface area contributed by atoms with Crippen molar-refractivity contribution < 1.29 is 34.8 Å². The summed E-state index contributed by atoms with van der Waals surface area (Å²) >= 11 is 0. The van der Waals surface area contributed by atoms with Gasteiger partial charge in [-0.05, 0) is 72.8 Å². The highest BCUT2D eigenvalue weighted by molar-refractivity contribution is 6.24. The van der Waals surface area contributed by atoms with Crippen molar-refractivity contribution >= 4 is 23.1 Å². The number of aliphatic hydroxyl groups is 3. The number of aliphatic hydroxyl groups excluding tert-OH is 2. The number of carbonyl (C=O) groups excluding carboxylic acids is 3. The molecule has 0 bridgehead atoms. The second kappa shape index (κ2) is 11.0. The van der Waals surface area contributed by atoms with Crippen LogP contribution in [0.2, 0.25) is 0 Å². The molecule has 0 aliphatic heterocycles. The number of carbonyl (C=O) groups is 3. The minimum absolute atomic E-state index is 0.0106. The Morgan fingerprint density at radius 1 is 1.02 bits per heavy atom. The minimum Gasteiger partial charge on any atom is -0.508 e. The number of phenols is 1. The van der Waals surface area contributed by atoms with E-state index in [4.69, 9.17) is 0 Å². The van der Waals surface area contributed by atoms with Crippen molar-refractivity contribution in [3.8, 4) is 16.9 Å². The highest BCUT2D eigenvalue weighted by Crippen LogP contribution is 2.65. The third-order valence-electron chi connectivity index (χ3n) is 10.7. The SMILES string of the molecule is CCCCc1ccc(-c2cc(C(C)C)c3c(c2O)C(O)=C2C(=O)[C@@]4(O)C(O)=C(C(C)=O)C(=O)C(C(C)C)[C@@]4(C)C[C@@]2(C)C3)cc1. The molecule has 1 fully saturated rings. The van der Waals surface area contributed by atoms with Gasteiger partial charge in [-0.15, -0.1) is 0 Å². The number of aryl methyl sites for hydroxylation is 1. The summed E-state index contributed by atoms with van der Waals surface area (Å²) in [6.07, 6.45) is 3.45. The molecular weight excluding hydrogens is 568 g/mol. The van der Waals surface area contributed by atoms with Crippen molar-refractivity contribution in [3.05, 3.63) is 69.5 Å². The third-order valence-corrected chi connectivity index (χ3v) is 10.7. The summed E-state index contributed by atoms with van der Waals surface area (Å²) < 4.78 is 0. The number of benzene rings is 2. The predicted octanol–water partition coefficient (Wildman–Crippen LogP) is 7.32. The van der Waals surface area contributed by atoms with E-state index in [1.165, 1.54) is 5.56 Å². The number of unbranched alkanes of at least 4 members (excludes halogenated alkanes) is 1. The lowest BCUT2D eigenvalue weighted by molar-refractivity contribution is -0.178. The quantitative estimate of drug-likeness (QED) is 0.240. The summed E-state index contributed by atoms with van der Waals surface area (Å²) in [4.78, 5) is 41.0. The first-order valence-corrected chi connectivity index (χ1v) is 16.1. The lowest BCUT2D eigenvalue weighted by Crippen LogP contribution is -2.69. The molecule has 45 heavy (non-hydrogen) atoms. The van der Waals surface area contributed by atoms with Gasteiger partial charge in [0.1, 0.15) is 22.8 Å². The fourth-order valence-electron chi connectivity index (χ4n) is 8.78. The molecule has 0 heterocycles. The van der Waals surface area contributed by atoms with E-state index < -0.39 is 56.8 Å². The molecule has 2 aromatic carbocycles. The molecule has 0 aromatic heterocycles. The van der Waals surface area contributed by atoms with Crippen LogP contribution in [0.5, 0.6) is 5.75 Å². The Balaban J connectivity index is 1.78. The van der Waals surface area contributed by atoms with Gasteiger partial charge in [0.15, 0.2) is 17.2 Å². The van der Waals surface area contributed by atoms with Gasteiger partial charge in [0, 0.05) is 27.9 Å². The minimum atomic E-state index is -2.63. The van der Waals surface area contributed by atoms with Crippen LogP contribution in [0.1, 0.15) is 103 Å². The number of ketones is 3. The van der Waals surface area contributed by atoms with Gasteiger partial charge in [-0.2, -0.15) is 0 Å². The highest BCUT2D eigenvalue weighted by Gasteiger charge is 2.72. The van der Waals surface area contributed by atoms with Gasteiger partial charge in [-0.1, -0.05) is 79.2 Å². The first-order chi connectivity index (χ1) is 21.0. The molecule has 2 aromatic rings. The van der Waals surface area contributed by atoms with E-state index in [1.807, 2.05) is 51.1 Å². The van der Waals surface area contributed by atoms with E-state index in [2.05, 4.69) is 6.92 Å². The molecule has 7 heteroatoms. The van der Waals surface area contributed by atoms with Crippen LogP contribution in [0.25, 0.3) is 16.9 Å². The van der Waals surface area contributed by atoms with E-state index in [1.54, 1.807) is 20.8 Å². The Labute approximate surface area is 265 Å². The number of aromatic hydroxyl groups is 1. The average Bonchev–Trinajstić information content (AvgIpc) is 2.93. The second-order valence-corrected chi connectivity index (χ2v) is 14.6. The lowest BCUT2D eigenvalue weighted by atomic mass is 9.43. The molecule has 0 radical (unpaired) electrons. The van der Waals surface area contributed by atoms with Crippen LogP contribution in [0, 0.1) is 22.7 Å². The lowest BCUT2D eigenvalue weighted by Gasteiger charge is -2.59. The van der Waals surface area contributed by atoms with Gasteiger partial charge in [-0.25, -0.2) is 0 Å². The van der Waals surface area contributed by atoms with Gasteiger partial charge in [0.2, 0.25) is 5.78 Å². The van der Waals surface area contributed by atoms with Crippen molar-refractivity contribution in [2.45, 2.75) is 99.0 Å². The Morgan fingerprint density at radius 3 is 2.18 bits per heavy atom. The van der Waals surface area contributed by atoms with Crippen LogP contribution in [0.15, 0.2) is 47.2 Å².